The van der Waals surface area contributed by atoms with Crippen LogP contribution in [0, 0.1) is 13.8 Å². The molecule has 0 atom stereocenters. The van der Waals surface area contributed by atoms with E-state index in [0.29, 0.717) is 22.3 Å². The number of hydrogen-bond acceptors (Lipinski definition) is 2. The molecule has 3 aromatic rings. The van der Waals surface area contributed by atoms with Gasteiger partial charge in [-0.25, -0.2) is 0 Å². The van der Waals surface area contributed by atoms with Crippen LogP contribution in [0.2, 0.25) is 0 Å². The summed E-state index contributed by atoms with van der Waals surface area (Å²) < 4.78 is 0. The summed E-state index contributed by atoms with van der Waals surface area (Å²) in [6.07, 6.45) is 0. The molecule has 0 saturated carbocycles. The average Bonchev–Trinajstić information content (AvgIpc) is 2.61. The van der Waals surface area contributed by atoms with E-state index in [4.69, 9.17) is 0 Å². The molecule has 2 heteroatoms. The van der Waals surface area contributed by atoms with Gasteiger partial charge in [-0.2, -0.15) is 0 Å². The molecule has 4 rings (SSSR count). The van der Waals surface area contributed by atoms with Gasteiger partial charge in [-0.3, -0.25) is 9.59 Å². The molecule has 3 aromatic carbocycles. The SMILES string of the molecule is Cc1cccc(-c2cccc3c2C(=O)c2ccccc2C3=O)c1C. The van der Waals surface area contributed by atoms with Crippen molar-refractivity contribution in [3.8, 4) is 11.1 Å². The Kier molecular flexibility index (Phi) is 3.20. The first-order chi connectivity index (χ1) is 11.6. The second-order valence-electron chi connectivity index (χ2n) is 6.18. The number of aryl methyl sites for hydroxylation is 1. The fourth-order valence-electron chi connectivity index (χ4n) is 3.41. The van der Waals surface area contributed by atoms with Crippen molar-refractivity contribution in [1.29, 1.82) is 0 Å². The number of fused-ring (bicyclic) bond motifs is 2. The molecule has 1 aliphatic carbocycles. The normalized spacial score (nSPS) is 12.8. The van der Waals surface area contributed by atoms with Crippen LogP contribution in [0.4, 0.5) is 0 Å². The molecular weight excluding hydrogens is 296 g/mol. The Balaban J connectivity index is 2.03. The Labute approximate surface area is 140 Å². The molecular formula is C22H16O2. The lowest BCUT2D eigenvalue weighted by Crippen LogP contribution is -2.21. The second kappa shape index (κ2) is 5.27. The van der Waals surface area contributed by atoms with Crippen molar-refractivity contribution in [2.45, 2.75) is 13.8 Å². The minimum Gasteiger partial charge on any atom is -0.289 e. The number of hydrogen-bond donors (Lipinski definition) is 0. The van der Waals surface area contributed by atoms with Crippen molar-refractivity contribution >= 4 is 11.6 Å². The van der Waals surface area contributed by atoms with Gasteiger partial charge in [0.25, 0.3) is 0 Å². The van der Waals surface area contributed by atoms with E-state index in [-0.39, 0.29) is 11.6 Å². The molecule has 0 bridgehead atoms. The van der Waals surface area contributed by atoms with Crippen LogP contribution >= 0.6 is 0 Å². The average molecular weight is 312 g/mol. The highest BCUT2D eigenvalue weighted by Gasteiger charge is 2.31. The fourth-order valence-corrected chi connectivity index (χ4v) is 3.41. The molecule has 116 valence electrons. The van der Waals surface area contributed by atoms with Crippen LogP contribution in [0.15, 0.2) is 60.7 Å². The molecule has 0 N–H and O–H groups in total. The molecule has 0 unspecified atom stereocenters. The summed E-state index contributed by atoms with van der Waals surface area (Å²) in [5.74, 6) is -0.149. The van der Waals surface area contributed by atoms with Crippen LogP contribution in [0.1, 0.15) is 43.0 Å². The number of benzene rings is 3. The zero-order valence-electron chi connectivity index (χ0n) is 13.6. The third kappa shape index (κ3) is 1.96. The van der Waals surface area contributed by atoms with Gasteiger partial charge in [0.05, 0.1) is 0 Å². The van der Waals surface area contributed by atoms with Crippen molar-refractivity contribution in [2.24, 2.45) is 0 Å². The van der Waals surface area contributed by atoms with Crippen molar-refractivity contribution in [3.63, 3.8) is 0 Å². The van der Waals surface area contributed by atoms with E-state index in [1.165, 1.54) is 5.56 Å². The predicted molar refractivity (Wildman–Crippen MR) is 94.7 cm³/mol. The summed E-state index contributed by atoms with van der Waals surface area (Å²) in [6, 6.07) is 18.6. The van der Waals surface area contributed by atoms with Crippen molar-refractivity contribution < 1.29 is 9.59 Å². The topological polar surface area (TPSA) is 34.1 Å². The van der Waals surface area contributed by atoms with Gasteiger partial charge in [-0.05, 0) is 36.1 Å². The molecule has 1 aliphatic rings. The van der Waals surface area contributed by atoms with E-state index in [1.807, 2.05) is 31.2 Å². The quantitative estimate of drug-likeness (QED) is 0.508. The van der Waals surface area contributed by atoms with Crippen molar-refractivity contribution in [1.82, 2.24) is 0 Å². The maximum absolute atomic E-state index is 13.1. The van der Waals surface area contributed by atoms with Gasteiger partial charge in [0.2, 0.25) is 0 Å². The lowest BCUT2D eigenvalue weighted by atomic mass is 9.80. The Morgan fingerprint density at radius 2 is 1.08 bits per heavy atom. The summed E-state index contributed by atoms with van der Waals surface area (Å²) in [4.78, 5) is 25.9. The van der Waals surface area contributed by atoms with Gasteiger partial charge in [-0.15, -0.1) is 0 Å². The van der Waals surface area contributed by atoms with Gasteiger partial charge in [-0.1, -0.05) is 60.7 Å². The smallest absolute Gasteiger partial charge is 0.195 e. The monoisotopic (exact) mass is 312 g/mol. The Hall–Kier alpha value is -3.00. The molecule has 24 heavy (non-hydrogen) atoms. The molecule has 0 spiro atoms. The van der Waals surface area contributed by atoms with E-state index in [0.717, 1.165) is 16.7 Å². The van der Waals surface area contributed by atoms with Gasteiger partial charge in [0, 0.05) is 22.3 Å². The third-order valence-electron chi connectivity index (χ3n) is 4.85. The van der Waals surface area contributed by atoms with Crippen LogP contribution in [-0.2, 0) is 0 Å². The molecule has 2 nitrogen and oxygen atoms in total. The maximum Gasteiger partial charge on any atom is 0.195 e. The summed E-state index contributed by atoms with van der Waals surface area (Å²) in [5.41, 5.74) is 6.15. The highest BCUT2D eigenvalue weighted by molar-refractivity contribution is 6.30. The van der Waals surface area contributed by atoms with E-state index in [9.17, 15) is 9.59 Å². The molecule has 0 aromatic heterocycles. The van der Waals surface area contributed by atoms with Crippen LogP contribution in [-0.4, -0.2) is 11.6 Å². The van der Waals surface area contributed by atoms with E-state index < -0.39 is 0 Å². The summed E-state index contributed by atoms with van der Waals surface area (Å²) in [5, 5.41) is 0. The van der Waals surface area contributed by atoms with Crippen molar-refractivity contribution in [2.75, 3.05) is 0 Å². The van der Waals surface area contributed by atoms with E-state index in [2.05, 4.69) is 13.0 Å². The minimum atomic E-state index is -0.0765. The highest BCUT2D eigenvalue weighted by Crippen LogP contribution is 2.36. The summed E-state index contributed by atoms with van der Waals surface area (Å²) in [6.45, 7) is 4.10. The summed E-state index contributed by atoms with van der Waals surface area (Å²) >= 11 is 0. The standard InChI is InChI=1S/C22H16O2/c1-13-7-5-10-15(14(13)2)16-11-6-12-19-20(16)22(24)18-9-4-3-8-17(18)21(19)23/h3-12H,1-2H3. The molecule has 0 saturated heterocycles. The minimum absolute atomic E-state index is 0.0725. The third-order valence-corrected chi connectivity index (χ3v) is 4.85. The number of carbonyl (C=O) groups excluding carboxylic acids is 2. The number of ketones is 2. The first-order valence-electron chi connectivity index (χ1n) is 7.97. The summed E-state index contributed by atoms with van der Waals surface area (Å²) in [7, 11) is 0. The van der Waals surface area contributed by atoms with Crippen LogP contribution < -0.4 is 0 Å². The van der Waals surface area contributed by atoms with E-state index in [1.54, 1.807) is 30.3 Å². The lowest BCUT2D eigenvalue weighted by molar-refractivity contribution is 0.0979. The number of carbonyl (C=O) groups is 2. The maximum atomic E-state index is 13.1. The predicted octanol–water partition coefficient (Wildman–Crippen LogP) is 4.75. The van der Waals surface area contributed by atoms with Gasteiger partial charge < -0.3 is 0 Å². The first-order valence-corrected chi connectivity index (χ1v) is 7.97. The highest BCUT2D eigenvalue weighted by atomic mass is 16.1. The van der Waals surface area contributed by atoms with Gasteiger partial charge >= 0.3 is 0 Å². The zero-order chi connectivity index (χ0) is 16.8. The Bertz CT molecular complexity index is 1010. The largest absolute Gasteiger partial charge is 0.289 e. The zero-order valence-corrected chi connectivity index (χ0v) is 13.6. The first kappa shape index (κ1) is 14.6. The van der Waals surface area contributed by atoms with Crippen LogP contribution in [0.5, 0.6) is 0 Å². The number of rotatable bonds is 1. The van der Waals surface area contributed by atoms with Crippen LogP contribution in [0.25, 0.3) is 11.1 Å². The second-order valence-corrected chi connectivity index (χ2v) is 6.18. The Morgan fingerprint density at radius 1 is 0.542 bits per heavy atom. The lowest BCUT2D eigenvalue weighted by Gasteiger charge is -2.21. The fraction of sp³-hybridized carbons (Fsp3) is 0.0909. The molecule has 0 radical (unpaired) electrons. The Morgan fingerprint density at radius 3 is 1.83 bits per heavy atom. The van der Waals surface area contributed by atoms with Crippen molar-refractivity contribution in [3.05, 3.63) is 94.0 Å². The van der Waals surface area contributed by atoms with Gasteiger partial charge in [0.15, 0.2) is 11.6 Å². The van der Waals surface area contributed by atoms with E-state index >= 15 is 0 Å². The molecule has 0 heterocycles. The molecule has 0 amide bonds. The molecule has 0 fully saturated rings. The van der Waals surface area contributed by atoms with Gasteiger partial charge in [0.1, 0.15) is 0 Å². The van der Waals surface area contributed by atoms with Crippen LogP contribution in [0.3, 0.4) is 0 Å². The molecule has 0 aliphatic heterocycles.